The first-order valence-electron chi connectivity index (χ1n) is 5.23. The third kappa shape index (κ3) is 3.76. The van der Waals surface area contributed by atoms with E-state index in [4.69, 9.17) is 17.2 Å². The molecule has 0 unspecified atom stereocenters. The minimum atomic E-state index is -0.602. The summed E-state index contributed by atoms with van der Waals surface area (Å²) >= 11 is 0. The topological polar surface area (TPSA) is 124 Å². The Hall–Kier alpha value is -2.08. The summed E-state index contributed by atoms with van der Waals surface area (Å²) in [7, 11) is 0. The number of rotatable bonds is 6. The summed E-state index contributed by atoms with van der Waals surface area (Å²) in [6.45, 7) is 1.21. The maximum atomic E-state index is 11.1. The molecule has 0 bridgehead atoms. The predicted octanol–water partition coefficient (Wildman–Crippen LogP) is -0.355. The zero-order chi connectivity index (χ0) is 12.8. The summed E-state index contributed by atoms with van der Waals surface area (Å²) in [4.78, 5) is 22.2. The summed E-state index contributed by atoms with van der Waals surface area (Å²) < 4.78 is 0. The highest BCUT2D eigenvalue weighted by Gasteiger charge is 2.08. The van der Waals surface area contributed by atoms with Crippen LogP contribution >= 0.6 is 0 Å². The van der Waals surface area contributed by atoms with Gasteiger partial charge in [-0.25, -0.2) is 0 Å². The summed E-state index contributed by atoms with van der Waals surface area (Å²) in [5, 5.41) is 3.04. The number of amides is 2. The van der Waals surface area contributed by atoms with Gasteiger partial charge in [0.2, 0.25) is 11.8 Å². The molecule has 0 aliphatic rings. The van der Waals surface area contributed by atoms with Crippen LogP contribution in [0.4, 0.5) is 5.69 Å². The first kappa shape index (κ1) is 13.0. The van der Waals surface area contributed by atoms with E-state index in [0.29, 0.717) is 18.8 Å². The minimum absolute atomic E-state index is 0.247. The van der Waals surface area contributed by atoms with Crippen LogP contribution in [0.25, 0.3) is 0 Å². The minimum Gasteiger partial charge on any atom is -0.385 e. The number of carbonyl (C=O) groups is 2. The van der Waals surface area contributed by atoms with Gasteiger partial charge in [-0.1, -0.05) is 0 Å². The smallest absolute Gasteiger partial charge is 0.248 e. The largest absolute Gasteiger partial charge is 0.385 e. The van der Waals surface area contributed by atoms with Crippen LogP contribution in [-0.4, -0.2) is 24.9 Å². The number of primary amides is 2. The molecule has 0 aliphatic heterocycles. The highest BCUT2D eigenvalue weighted by atomic mass is 16.1. The molecule has 0 aromatic heterocycles. The van der Waals surface area contributed by atoms with Crippen molar-refractivity contribution in [3.8, 4) is 0 Å². The zero-order valence-corrected chi connectivity index (χ0v) is 9.40. The Kier molecular flexibility index (Phi) is 4.47. The van der Waals surface area contributed by atoms with Gasteiger partial charge in [0.15, 0.2) is 0 Å². The molecule has 6 heteroatoms. The first-order chi connectivity index (χ1) is 8.04. The normalized spacial score (nSPS) is 9.94. The van der Waals surface area contributed by atoms with E-state index in [-0.39, 0.29) is 11.1 Å². The van der Waals surface area contributed by atoms with Crippen LogP contribution in [0.2, 0.25) is 0 Å². The summed E-state index contributed by atoms with van der Waals surface area (Å²) in [5.41, 5.74) is 16.8. The molecule has 7 N–H and O–H groups in total. The van der Waals surface area contributed by atoms with Gasteiger partial charge >= 0.3 is 0 Å². The summed E-state index contributed by atoms with van der Waals surface area (Å²) in [6.07, 6.45) is 0.784. The maximum Gasteiger partial charge on any atom is 0.248 e. The summed E-state index contributed by atoms with van der Waals surface area (Å²) in [6, 6.07) is 4.52. The van der Waals surface area contributed by atoms with Crippen molar-refractivity contribution in [1.82, 2.24) is 0 Å². The van der Waals surface area contributed by atoms with Crippen molar-refractivity contribution in [3.05, 3.63) is 29.3 Å². The molecule has 0 saturated heterocycles. The second kappa shape index (κ2) is 5.86. The number of carbonyl (C=O) groups excluding carboxylic acids is 2. The third-order valence-corrected chi connectivity index (χ3v) is 2.21. The van der Waals surface area contributed by atoms with Crippen LogP contribution in [0.1, 0.15) is 27.1 Å². The molecule has 2 amide bonds. The van der Waals surface area contributed by atoms with Crippen molar-refractivity contribution in [2.24, 2.45) is 17.2 Å². The van der Waals surface area contributed by atoms with Crippen molar-refractivity contribution in [3.63, 3.8) is 0 Å². The van der Waals surface area contributed by atoms with E-state index in [0.717, 1.165) is 6.42 Å². The molecule has 1 rings (SSSR count). The molecule has 0 spiro atoms. The lowest BCUT2D eigenvalue weighted by molar-refractivity contribution is 0.0999. The lowest BCUT2D eigenvalue weighted by atomic mass is 10.1. The van der Waals surface area contributed by atoms with E-state index in [9.17, 15) is 9.59 Å². The fourth-order valence-corrected chi connectivity index (χ4v) is 1.35. The van der Waals surface area contributed by atoms with Gasteiger partial charge in [-0.2, -0.15) is 0 Å². The van der Waals surface area contributed by atoms with Crippen molar-refractivity contribution in [1.29, 1.82) is 0 Å². The van der Waals surface area contributed by atoms with Crippen molar-refractivity contribution in [2.75, 3.05) is 18.4 Å². The number of hydrogen-bond acceptors (Lipinski definition) is 4. The van der Waals surface area contributed by atoms with Crippen LogP contribution < -0.4 is 22.5 Å². The van der Waals surface area contributed by atoms with Gasteiger partial charge in [-0.05, 0) is 31.2 Å². The number of hydrogen-bond donors (Lipinski definition) is 4. The summed E-state index contributed by atoms with van der Waals surface area (Å²) in [5.74, 6) is -1.20. The van der Waals surface area contributed by atoms with Crippen LogP contribution in [0.15, 0.2) is 18.2 Å². The number of nitrogens with two attached hydrogens (primary N) is 3. The Bertz CT molecular complexity index is 399. The Morgan fingerprint density at radius 2 is 1.59 bits per heavy atom. The standard InChI is InChI=1S/C11H16N4O2/c12-2-1-3-15-9-5-7(10(13)16)4-8(6-9)11(14)17/h4-6,15H,1-3,12H2,(H2,13,16)(H2,14,17). The molecule has 0 radical (unpaired) electrons. The molecule has 0 saturated carbocycles. The first-order valence-corrected chi connectivity index (χ1v) is 5.23. The Balaban J connectivity index is 2.95. The van der Waals surface area contributed by atoms with Gasteiger partial charge in [0.1, 0.15) is 0 Å². The van der Waals surface area contributed by atoms with E-state index in [1.807, 2.05) is 0 Å². The van der Waals surface area contributed by atoms with Crippen LogP contribution in [0.5, 0.6) is 0 Å². The highest BCUT2D eigenvalue weighted by molar-refractivity contribution is 5.99. The molecule has 1 aromatic rings. The van der Waals surface area contributed by atoms with Gasteiger partial charge in [0.05, 0.1) is 0 Å². The second-order valence-electron chi connectivity index (χ2n) is 3.60. The highest BCUT2D eigenvalue weighted by Crippen LogP contribution is 2.14. The van der Waals surface area contributed by atoms with Gasteiger partial charge in [0.25, 0.3) is 0 Å². The van der Waals surface area contributed by atoms with Crippen molar-refractivity contribution < 1.29 is 9.59 Å². The lowest BCUT2D eigenvalue weighted by Crippen LogP contribution is -2.17. The molecule has 0 aliphatic carbocycles. The number of nitrogens with one attached hydrogen (secondary N) is 1. The fourth-order valence-electron chi connectivity index (χ4n) is 1.35. The van der Waals surface area contributed by atoms with Crippen LogP contribution in [0.3, 0.4) is 0 Å². The Morgan fingerprint density at radius 1 is 1.06 bits per heavy atom. The van der Waals surface area contributed by atoms with E-state index >= 15 is 0 Å². The quantitative estimate of drug-likeness (QED) is 0.503. The van der Waals surface area contributed by atoms with E-state index in [1.165, 1.54) is 6.07 Å². The van der Waals surface area contributed by atoms with Crippen molar-refractivity contribution >= 4 is 17.5 Å². The molecule has 0 fully saturated rings. The molecule has 6 nitrogen and oxygen atoms in total. The Morgan fingerprint density at radius 3 is 2.00 bits per heavy atom. The third-order valence-electron chi connectivity index (χ3n) is 2.21. The SMILES string of the molecule is NCCCNc1cc(C(N)=O)cc(C(N)=O)c1. The number of anilines is 1. The average Bonchev–Trinajstić information content (AvgIpc) is 2.29. The van der Waals surface area contributed by atoms with Gasteiger partial charge < -0.3 is 22.5 Å². The van der Waals surface area contributed by atoms with E-state index in [1.54, 1.807) is 12.1 Å². The second-order valence-corrected chi connectivity index (χ2v) is 3.60. The van der Waals surface area contributed by atoms with Gasteiger partial charge in [0, 0.05) is 23.4 Å². The van der Waals surface area contributed by atoms with Crippen LogP contribution in [0, 0.1) is 0 Å². The van der Waals surface area contributed by atoms with Crippen LogP contribution in [-0.2, 0) is 0 Å². The van der Waals surface area contributed by atoms with E-state index < -0.39 is 11.8 Å². The average molecular weight is 236 g/mol. The fraction of sp³-hybridized carbons (Fsp3) is 0.273. The zero-order valence-electron chi connectivity index (χ0n) is 9.40. The molecule has 92 valence electrons. The van der Waals surface area contributed by atoms with Gasteiger partial charge in [-0.3, -0.25) is 9.59 Å². The molecular weight excluding hydrogens is 220 g/mol. The maximum absolute atomic E-state index is 11.1. The number of benzene rings is 1. The molecular formula is C11H16N4O2. The predicted molar refractivity (Wildman–Crippen MR) is 65.6 cm³/mol. The van der Waals surface area contributed by atoms with Crippen molar-refractivity contribution in [2.45, 2.75) is 6.42 Å². The molecule has 1 aromatic carbocycles. The van der Waals surface area contributed by atoms with E-state index in [2.05, 4.69) is 5.32 Å². The molecule has 17 heavy (non-hydrogen) atoms. The molecule has 0 heterocycles. The van der Waals surface area contributed by atoms with Gasteiger partial charge in [-0.15, -0.1) is 0 Å². The Labute approximate surface area is 99.1 Å². The monoisotopic (exact) mass is 236 g/mol. The molecule has 0 atom stereocenters. The lowest BCUT2D eigenvalue weighted by Gasteiger charge is -2.08.